The lowest BCUT2D eigenvalue weighted by Gasteiger charge is -2.36. The summed E-state index contributed by atoms with van der Waals surface area (Å²) >= 11 is 0. The van der Waals surface area contributed by atoms with Crippen LogP contribution in [0.5, 0.6) is 5.75 Å². The molecule has 6 nitrogen and oxygen atoms in total. The molecule has 1 heterocycles. The molecule has 1 saturated heterocycles. The van der Waals surface area contributed by atoms with Gasteiger partial charge in [-0.15, -0.1) is 0 Å². The average molecular weight is 381 g/mol. The summed E-state index contributed by atoms with van der Waals surface area (Å²) in [4.78, 5) is 28.6. The number of carbonyl (C=O) groups excluding carboxylic acids is 2. The number of hydrogen-bond donors (Lipinski definition) is 1. The Morgan fingerprint density at radius 1 is 1.04 bits per heavy atom. The number of methoxy groups -OCH3 is 1. The third kappa shape index (κ3) is 5.03. The zero-order valence-corrected chi connectivity index (χ0v) is 16.5. The van der Waals surface area contributed by atoms with Gasteiger partial charge < -0.3 is 19.9 Å². The molecule has 28 heavy (non-hydrogen) atoms. The minimum atomic E-state index is -0.237. The van der Waals surface area contributed by atoms with Gasteiger partial charge in [-0.25, -0.2) is 0 Å². The first-order valence-electron chi connectivity index (χ1n) is 9.55. The van der Waals surface area contributed by atoms with Gasteiger partial charge in [-0.3, -0.25) is 9.59 Å². The quantitative estimate of drug-likeness (QED) is 0.781. The molecule has 3 rings (SSSR count). The number of nitrogens with zero attached hydrogens (tertiary/aromatic N) is 2. The largest absolute Gasteiger partial charge is 0.495 e. The van der Waals surface area contributed by atoms with Gasteiger partial charge in [0.2, 0.25) is 11.8 Å². The number of anilines is 1. The summed E-state index contributed by atoms with van der Waals surface area (Å²) in [6.45, 7) is 5.09. The molecular weight excluding hydrogens is 354 g/mol. The average Bonchev–Trinajstić information content (AvgIpc) is 2.72. The number of nitrogens with one attached hydrogen (secondary N) is 1. The highest BCUT2D eigenvalue weighted by atomic mass is 16.5. The number of rotatable bonds is 6. The highest BCUT2D eigenvalue weighted by molar-refractivity contribution is 5.97. The normalized spacial score (nSPS) is 13.9. The molecule has 1 aliphatic rings. The Balaban J connectivity index is 1.46. The smallest absolute Gasteiger partial charge is 0.232 e. The van der Waals surface area contributed by atoms with Crippen molar-refractivity contribution in [2.75, 3.05) is 38.2 Å². The van der Waals surface area contributed by atoms with Crippen molar-refractivity contribution in [1.29, 1.82) is 0 Å². The Kier molecular flexibility index (Phi) is 6.53. The molecule has 0 unspecified atom stereocenters. The van der Waals surface area contributed by atoms with Crippen molar-refractivity contribution in [2.24, 2.45) is 0 Å². The highest BCUT2D eigenvalue weighted by Gasteiger charge is 2.24. The van der Waals surface area contributed by atoms with Gasteiger partial charge in [0.15, 0.2) is 0 Å². The van der Waals surface area contributed by atoms with Crippen LogP contribution in [0.3, 0.4) is 0 Å². The molecule has 1 N–H and O–H groups in total. The van der Waals surface area contributed by atoms with Crippen LogP contribution in [0, 0.1) is 6.92 Å². The zero-order valence-electron chi connectivity index (χ0n) is 16.5. The third-order valence-corrected chi connectivity index (χ3v) is 4.94. The van der Waals surface area contributed by atoms with E-state index < -0.39 is 0 Å². The lowest BCUT2D eigenvalue weighted by atomic mass is 10.1. The van der Waals surface area contributed by atoms with Crippen molar-refractivity contribution >= 4 is 17.5 Å². The van der Waals surface area contributed by atoms with E-state index in [2.05, 4.69) is 10.2 Å². The van der Waals surface area contributed by atoms with Crippen LogP contribution in [0.25, 0.3) is 0 Å². The van der Waals surface area contributed by atoms with E-state index in [1.807, 2.05) is 55.5 Å². The molecule has 0 bridgehead atoms. The predicted octanol–water partition coefficient (Wildman–Crippen LogP) is 2.36. The molecule has 1 fully saturated rings. The van der Waals surface area contributed by atoms with Crippen LogP contribution < -0.4 is 15.0 Å². The Hall–Kier alpha value is -3.02. The molecule has 2 aromatic rings. The maximum absolute atomic E-state index is 12.5. The van der Waals surface area contributed by atoms with Gasteiger partial charge in [0.1, 0.15) is 12.2 Å². The summed E-state index contributed by atoms with van der Waals surface area (Å²) in [5.74, 6) is 0.470. The van der Waals surface area contributed by atoms with Crippen LogP contribution in [0.2, 0.25) is 0 Å². The Morgan fingerprint density at radius 3 is 2.50 bits per heavy atom. The summed E-state index contributed by atoms with van der Waals surface area (Å²) in [7, 11) is 1.66. The molecule has 0 radical (unpaired) electrons. The second kappa shape index (κ2) is 9.26. The number of ether oxygens (including phenoxy) is 1. The fourth-order valence-electron chi connectivity index (χ4n) is 3.42. The molecule has 1 aliphatic heterocycles. The van der Waals surface area contributed by atoms with Gasteiger partial charge in [0.05, 0.1) is 12.8 Å². The molecule has 0 spiro atoms. The first kappa shape index (κ1) is 19.7. The number of para-hydroxylation sites is 2. The lowest BCUT2D eigenvalue weighted by molar-refractivity contribution is -0.136. The Labute approximate surface area is 166 Å². The van der Waals surface area contributed by atoms with E-state index in [0.717, 1.165) is 35.7 Å². The number of hydrogen-bond acceptors (Lipinski definition) is 4. The molecule has 0 aromatic heterocycles. The van der Waals surface area contributed by atoms with Gasteiger partial charge in [-0.05, 0) is 24.6 Å². The number of benzene rings is 2. The molecule has 148 valence electrons. The fourth-order valence-corrected chi connectivity index (χ4v) is 3.42. The molecule has 0 saturated carbocycles. The van der Waals surface area contributed by atoms with E-state index in [1.54, 1.807) is 12.0 Å². The van der Waals surface area contributed by atoms with E-state index in [4.69, 9.17) is 4.74 Å². The van der Waals surface area contributed by atoms with E-state index in [9.17, 15) is 9.59 Å². The molecule has 0 atom stereocenters. The number of amides is 2. The van der Waals surface area contributed by atoms with E-state index >= 15 is 0 Å². The van der Waals surface area contributed by atoms with Gasteiger partial charge in [0, 0.05) is 32.7 Å². The van der Waals surface area contributed by atoms with Crippen LogP contribution in [-0.4, -0.2) is 50.0 Å². The van der Waals surface area contributed by atoms with Crippen molar-refractivity contribution in [2.45, 2.75) is 19.9 Å². The summed E-state index contributed by atoms with van der Waals surface area (Å²) < 4.78 is 5.42. The Bertz CT molecular complexity index is 829. The van der Waals surface area contributed by atoms with Crippen molar-refractivity contribution in [3.8, 4) is 5.75 Å². The topological polar surface area (TPSA) is 61.9 Å². The van der Waals surface area contributed by atoms with Crippen LogP contribution in [-0.2, 0) is 16.1 Å². The predicted molar refractivity (Wildman–Crippen MR) is 109 cm³/mol. The SMILES string of the molecule is COc1ccccc1N1CCN(C(=O)CC(=O)NCc2cccc(C)c2)CC1. The highest BCUT2D eigenvalue weighted by Crippen LogP contribution is 2.28. The van der Waals surface area contributed by atoms with Crippen LogP contribution in [0.4, 0.5) is 5.69 Å². The standard InChI is InChI=1S/C22H27N3O3/c1-17-6-5-7-18(14-17)16-23-21(26)15-22(27)25-12-10-24(11-13-25)19-8-3-4-9-20(19)28-2/h3-9,14H,10-13,15-16H2,1-2H3,(H,23,26). The summed E-state index contributed by atoms with van der Waals surface area (Å²) in [6.07, 6.45) is -0.111. The summed E-state index contributed by atoms with van der Waals surface area (Å²) in [6, 6.07) is 15.8. The third-order valence-electron chi connectivity index (χ3n) is 4.94. The van der Waals surface area contributed by atoms with Crippen molar-refractivity contribution in [3.05, 3.63) is 59.7 Å². The number of carbonyl (C=O) groups is 2. The van der Waals surface area contributed by atoms with Gasteiger partial charge in [-0.1, -0.05) is 42.0 Å². The molecule has 2 amide bonds. The van der Waals surface area contributed by atoms with Crippen molar-refractivity contribution in [1.82, 2.24) is 10.2 Å². The second-order valence-electron chi connectivity index (χ2n) is 6.98. The van der Waals surface area contributed by atoms with Crippen molar-refractivity contribution < 1.29 is 14.3 Å². The first-order chi connectivity index (χ1) is 13.6. The molecule has 2 aromatic carbocycles. The minimum absolute atomic E-state index is 0.111. The van der Waals surface area contributed by atoms with Gasteiger partial charge in [0.25, 0.3) is 0 Å². The number of piperazine rings is 1. The van der Waals surface area contributed by atoms with E-state index in [1.165, 1.54) is 0 Å². The van der Waals surface area contributed by atoms with Crippen molar-refractivity contribution in [3.63, 3.8) is 0 Å². The van der Waals surface area contributed by atoms with Gasteiger partial charge >= 0.3 is 0 Å². The molecule has 6 heteroatoms. The molecular formula is C22H27N3O3. The summed E-state index contributed by atoms with van der Waals surface area (Å²) in [5.41, 5.74) is 3.22. The van der Waals surface area contributed by atoms with Crippen LogP contribution in [0.15, 0.2) is 48.5 Å². The maximum Gasteiger partial charge on any atom is 0.232 e. The minimum Gasteiger partial charge on any atom is -0.495 e. The fraction of sp³-hybridized carbons (Fsp3) is 0.364. The van der Waals surface area contributed by atoms with Crippen LogP contribution >= 0.6 is 0 Å². The number of aryl methyl sites for hydroxylation is 1. The van der Waals surface area contributed by atoms with E-state index in [-0.39, 0.29) is 18.2 Å². The maximum atomic E-state index is 12.5. The summed E-state index contributed by atoms with van der Waals surface area (Å²) in [5, 5.41) is 2.83. The van der Waals surface area contributed by atoms with E-state index in [0.29, 0.717) is 19.6 Å². The van der Waals surface area contributed by atoms with Crippen LogP contribution in [0.1, 0.15) is 17.5 Å². The molecule has 0 aliphatic carbocycles. The first-order valence-corrected chi connectivity index (χ1v) is 9.55. The monoisotopic (exact) mass is 381 g/mol. The Morgan fingerprint density at radius 2 is 1.79 bits per heavy atom. The second-order valence-corrected chi connectivity index (χ2v) is 6.98. The van der Waals surface area contributed by atoms with Gasteiger partial charge in [-0.2, -0.15) is 0 Å². The lowest BCUT2D eigenvalue weighted by Crippen LogP contribution is -2.49. The zero-order chi connectivity index (χ0) is 19.9.